The number of thioether (sulfide) groups is 1. The maximum atomic E-state index is 12.2. The maximum Gasteiger partial charge on any atom is 0.252 e. The quantitative estimate of drug-likeness (QED) is 0.831. The van der Waals surface area contributed by atoms with E-state index in [1.165, 1.54) is 0 Å². The fraction of sp³-hybridized carbons (Fsp3) is 0.188. The third-order valence-electron chi connectivity index (χ3n) is 2.98. The van der Waals surface area contributed by atoms with E-state index < -0.39 is 0 Å². The Bertz CT molecular complexity index is 599. The topological polar surface area (TPSA) is 49.3 Å². The summed E-state index contributed by atoms with van der Waals surface area (Å²) in [6.45, 7) is 0.465. The molecule has 0 aliphatic carbocycles. The number of hydrogen-bond acceptors (Lipinski definition) is 3. The predicted molar refractivity (Wildman–Crippen MR) is 81.8 cm³/mol. The van der Waals surface area contributed by atoms with E-state index in [1.54, 1.807) is 11.8 Å². The van der Waals surface area contributed by atoms with Gasteiger partial charge in [-0.3, -0.25) is 4.79 Å². The second-order valence-corrected chi connectivity index (χ2v) is 5.21. The third kappa shape index (κ3) is 3.62. The minimum atomic E-state index is -0.0793. The van der Waals surface area contributed by atoms with Crippen molar-refractivity contribution >= 4 is 17.7 Å². The summed E-state index contributed by atoms with van der Waals surface area (Å²) in [6, 6.07) is 15.1. The van der Waals surface area contributed by atoms with Gasteiger partial charge in [0.1, 0.15) is 0 Å². The molecule has 4 heteroatoms. The van der Waals surface area contributed by atoms with Crippen LogP contribution in [0.1, 0.15) is 21.5 Å². The van der Waals surface area contributed by atoms with Crippen LogP contribution in [0.4, 0.5) is 0 Å². The molecule has 0 saturated carbocycles. The van der Waals surface area contributed by atoms with E-state index in [0.29, 0.717) is 12.1 Å². The van der Waals surface area contributed by atoms with Gasteiger partial charge in [0.25, 0.3) is 5.91 Å². The van der Waals surface area contributed by atoms with Crippen molar-refractivity contribution in [3.05, 3.63) is 65.2 Å². The zero-order valence-corrected chi connectivity index (χ0v) is 12.1. The van der Waals surface area contributed by atoms with Gasteiger partial charge in [-0.2, -0.15) is 0 Å². The summed E-state index contributed by atoms with van der Waals surface area (Å²) in [5.74, 6) is -0.0793. The Kier molecular flexibility index (Phi) is 5.21. The molecule has 0 heterocycles. The Hall–Kier alpha value is -1.78. The molecule has 104 valence electrons. The predicted octanol–water partition coefficient (Wildman–Crippen LogP) is 2.83. The van der Waals surface area contributed by atoms with Crippen LogP contribution in [0.5, 0.6) is 0 Å². The zero-order chi connectivity index (χ0) is 14.4. The lowest BCUT2D eigenvalue weighted by Crippen LogP contribution is -2.23. The van der Waals surface area contributed by atoms with E-state index in [1.807, 2.05) is 54.8 Å². The average Bonchev–Trinajstić information content (AvgIpc) is 2.52. The molecule has 2 N–H and O–H groups in total. The van der Waals surface area contributed by atoms with Crippen molar-refractivity contribution in [1.82, 2.24) is 5.32 Å². The Balaban J connectivity index is 2.04. The normalized spacial score (nSPS) is 10.3. The molecule has 2 aromatic carbocycles. The van der Waals surface area contributed by atoms with Crippen molar-refractivity contribution in [1.29, 1.82) is 0 Å². The van der Waals surface area contributed by atoms with E-state index in [-0.39, 0.29) is 12.5 Å². The van der Waals surface area contributed by atoms with Crippen molar-refractivity contribution < 1.29 is 9.90 Å². The van der Waals surface area contributed by atoms with Gasteiger partial charge in [-0.25, -0.2) is 0 Å². The number of nitrogens with one attached hydrogen (secondary N) is 1. The molecular formula is C16H17NO2S. The van der Waals surface area contributed by atoms with Crippen LogP contribution in [0.3, 0.4) is 0 Å². The number of hydrogen-bond donors (Lipinski definition) is 2. The van der Waals surface area contributed by atoms with Gasteiger partial charge in [0, 0.05) is 11.4 Å². The monoisotopic (exact) mass is 287 g/mol. The molecule has 2 aromatic rings. The molecule has 2 rings (SSSR count). The summed E-state index contributed by atoms with van der Waals surface area (Å²) < 4.78 is 0. The summed E-state index contributed by atoms with van der Waals surface area (Å²) in [6.07, 6.45) is 1.96. The van der Waals surface area contributed by atoms with Crippen LogP contribution in [-0.2, 0) is 13.2 Å². The standard InChI is InChI=1S/C16H17NO2S/c1-20-15-8-3-2-7-14(15)16(19)17-10-12-5-4-6-13(9-12)11-18/h2-9,18H,10-11H2,1H3,(H,17,19). The van der Waals surface area contributed by atoms with Gasteiger partial charge in [-0.05, 0) is 29.5 Å². The highest BCUT2D eigenvalue weighted by molar-refractivity contribution is 7.98. The number of amides is 1. The van der Waals surface area contributed by atoms with Gasteiger partial charge in [-0.1, -0.05) is 36.4 Å². The zero-order valence-electron chi connectivity index (χ0n) is 11.3. The second-order valence-electron chi connectivity index (χ2n) is 4.36. The largest absolute Gasteiger partial charge is 0.392 e. The van der Waals surface area contributed by atoms with E-state index in [0.717, 1.165) is 16.0 Å². The third-order valence-corrected chi connectivity index (χ3v) is 3.77. The maximum absolute atomic E-state index is 12.2. The van der Waals surface area contributed by atoms with Crippen LogP contribution in [-0.4, -0.2) is 17.3 Å². The molecule has 0 bridgehead atoms. The number of rotatable bonds is 5. The van der Waals surface area contributed by atoms with Crippen molar-refractivity contribution in [3.8, 4) is 0 Å². The molecular weight excluding hydrogens is 270 g/mol. The van der Waals surface area contributed by atoms with Crippen LogP contribution < -0.4 is 5.32 Å². The molecule has 1 amide bonds. The van der Waals surface area contributed by atoms with Crippen LogP contribution in [0.2, 0.25) is 0 Å². The van der Waals surface area contributed by atoms with Gasteiger partial charge < -0.3 is 10.4 Å². The van der Waals surface area contributed by atoms with Crippen LogP contribution >= 0.6 is 11.8 Å². The highest BCUT2D eigenvalue weighted by Crippen LogP contribution is 2.19. The number of carbonyl (C=O) groups excluding carboxylic acids is 1. The van der Waals surface area contributed by atoms with Crippen LogP contribution in [0.15, 0.2) is 53.4 Å². The number of benzene rings is 2. The Morgan fingerprint density at radius 1 is 1.15 bits per heavy atom. The van der Waals surface area contributed by atoms with Gasteiger partial charge >= 0.3 is 0 Å². The second kappa shape index (κ2) is 7.12. The highest BCUT2D eigenvalue weighted by atomic mass is 32.2. The lowest BCUT2D eigenvalue weighted by molar-refractivity contribution is 0.0948. The summed E-state index contributed by atoms with van der Waals surface area (Å²) in [5, 5.41) is 12.0. The first-order chi connectivity index (χ1) is 9.74. The van der Waals surface area contributed by atoms with Gasteiger partial charge in [0.2, 0.25) is 0 Å². The Morgan fingerprint density at radius 2 is 1.90 bits per heavy atom. The van der Waals surface area contributed by atoms with E-state index in [4.69, 9.17) is 5.11 Å². The van der Waals surface area contributed by atoms with E-state index in [9.17, 15) is 4.79 Å². The van der Waals surface area contributed by atoms with Crippen molar-refractivity contribution in [2.75, 3.05) is 6.26 Å². The van der Waals surface area contributed by atoms with Gasteiger partial charge in [0.05, 0.1) is 12.2 Å². The van der Waals surface area contributed by atoms with Gasteiger partial charge in [-0.15, -0.1) is 11.8 Å². The first-order valence-electron chi connectivity index (χ1n) is 6.34. The van der Waals surface area contributed by atoms with Crippen molar-refractivity contribution in [3.63, 3.8) is 0 Å². The van der Waals surface area contributed by atoms with Crippen LogP contribution in [0, 0.1) is 0 Å². The summed E-state index contributed by atoms with van der Waals surface area (Å²) in [7, 11) is 0. The molecule has 0 unspecified atom stereocenters. The molecule has 20 heavy (non-hydrogen) atoms. The molecule has 0 aromatic heterocycles. The molecule has 0 aliphatic rings. The number of aliphatic hydroxyl groups is 1. The Morgan fingerprint density at radius 3 is 2.65 bits per heavy atom. The average molecular weight is 287 g/mol. The summed E-state index contributed by atoms with van der Waals surface area (Å²) in [4.78, 5) is 13.1. The molecule has 0 atom stereocenters. The molecule has 0 spiro atoms. The lowest BCUT2D eigenvalue weighted by Gasteiger charge is -2.09. The smallest absolute Gasteiger partial charge is 0.252 e. The van der Waals surface area contributed by atoms with Crippen molar-refractivity contribution in [2.24, 2.45) is 0 Å². The fourth-order valence-corrected chi connectivity index (χ4v) is 2.54. The first kappa shape index (κ1) is 14.6. The number of carbonyl (C=O) groups is 1. The van der Waals surface area contributed by atoms with E-state index >= 15 is 0 Å². The number of aliphatic hydroxyl groups excluding tert-OH is 1. The molecule has 0 saturated heterocycles. The molecule has 0 aliphatic heterocycles. The summed E-state index contributed by atoms with van der Waals surface area (Å²) >= 11 is 1.56. The highest BCUT2D eigenvalue weighted by Gasteiger charge is 2.09. The molecule has 0 radical (unpaired) electrons. The molecule has 0 fully saturated rings. The lowest BCUT2D eigenvalue weighted by atomic mass is 10.1. The minimum Gasteiger partial charge on any atom is -0.392 e. The fourth-order valence-electron chi connectivity index (χ4n) is 1.95. The SMILES string of the molecule is CSc1ccccc1C(=O)NCc1cccc(CO)c1. The minimum absolute atomic E-state index is 0.0110. The summed E-state index contributed by atoms with van der Waals surface area (Å²) in [5.41, 5.74) is 2.52. The van der Waals surface area contributed by atoms with Gasteiger partial charge in [0.15, 0.2) is 0 Å². The van der Waals surface area contributed by atoms with E-state index in [2.05, 4.69) is 5.32 Å². The Labute approximate surface area is 123 Å². The molecule has 3 nitrogen and oxygen atoms in total. The van der Waals surface area contributed by atoms with Crippen molar-refractivity contribution in [2.45, 2.75) is 18.0 Å². The first-order valence-corrected chi connectivity index (χ1v) is 7.57. The van der Waals surface area contributed by atoms with Crippen LogP contribution in [0.25, 0.3) is 0 Å².